The number of carbonyl (C=O) groups excluding carboxylic acids is 1. The van der Waals surface area contributed by atoms with E-state index in [0.717, 1.165) is 18.5 Å². The van der Waals surface area contributed by atoms with Crippen molar-refractivity contribution in [3.05, 3.63) is 47.8 Å². The summed E-state index contributed by atoms with van der Waals surface area (Å²) in [5.74, 6) is -0.299. The molecule has 0 unspecified atom stereocenters. The van der Waals surface area contributed by atoms with E-state index in [4.69, 9.17) is 9.84 Å². The smallest absolute Gasteiger partial charge is 0.303 e. The van der Waals surface area contributed by atoms with Gasteiger partial charge in [0.15, 0.2) is 0 Å². The fourth-order valence-electron chi connectivity index (χ4n) is 2.23. The van der Waals surface area contributed by atoms with E-state index >= 15 is 0 Å². The van der Waals surface area contributed by atoms with E-state index in [1.807, 2.05) is 24.3 Å². The Labute approximate surface area is 146 Å². The first-order valence-corrected chi connectivity index (χ1v) is 8.32. The minimum absolute atomic E-state index is 0.0962. The maximum atomic E-state index is 12.1. The van der Waals surface area contributed by atoms with Crippen LogP contribution in [0.4, 0.5) is 0 Å². The fraction of sp³-hybridized carbons (Fsp3) is 0.389. The van der Waals surface area contributed by atoms with E-state index < -0.39 is 5.97 Å². The summed E-state index contributed by atoms with van der Waals surface area (Å²) in [7, 11) is 0. The average molecular weight is 345 g/mol. The molecule has 0 aliphatic rings. The van der Waals surface area contributed by atoms with Gasteiger partial charge in [-0.3, -0.25) is 14.3 Å². The number of hydrogen-bond donors (Lipinski definition) is 2. The van der Waals surface area contributed by atoms with E-state index in [1.165, 1.54) is 0 Å². The van der Waals surface area contributed by atoms with Gasteiger partial charge in [-0.25, -0.2) is 0 Å². The zero-order valence-corrected chi connectivity index (χ0v) is 14.3. The predicted octanol–water partition coefficient (Wildman–Crippen LogP) is 2.47. The molecule has 1 amide bonds. The molecule has 25 heavy (non-hydrogen) atoms. The van der Waals surface area contributed by atoms with Crippen LogP contribution < -0.4 is 10.1 Å². The first kappa shape index (κ1) is 18.5. The molecule has 0 aliphatic carbocycles. The van der Waals surface area contributed by atoms with Crippen molar-refractivity contribution in [2.75, 3.05) is 6.61 Å². The number of aromatic nitrogens is 2. The molecule has 0 fully saturated rings. The van der Waals surface area contributed by atoms with Gasteiger partial charge in [-0.15, -0.1) is 0 Å². The molecule has 2 aromatic rings. The normalized spacial score (nSPS) is 10.4. The van der Waals surface area contributed by atoms with Crippen LogP contribution in [0.3, 0.4) is 0 Å². The highest BCUT2D eigenvalue weighted by atomic mass is 16.5. The van der Waals surface area contributed by atoms with E-state index in [9.17, 15) is 9.59 Å². The molecule has 1 aromatic heterocycles. The van der Waals surface area contributed by atoms with Crippen molar-refractivity contribution in [3.63, 3.8) is 0 Å². The Balaban J connectivity index is 1.76. The highest BCUT2D eigenvalue weighted by Crippen LogP contribution is 2.13. The maximum Gasteiger partial charge on any atom is 0.303 e. The highest BCUT2D eigenvalue weighted by molar-refractivity contribution is 5.93. The number of nitrogens with zero attached hydrogens (tertiary/aromatic N) is 2. The number of carboxylic acid groups (broad SMARTS) is 1. The van der Waals surface area contributed by atoms with Crippen molar-refractivity contribution >= 4 is 11.9 Å². The van der Waals surface area contributed by atoms with Crippen LogP contribution in [0.1, 0.15) is 42.1 Å². The molecule has 134 valence electrons. The van der Waals surface area contributed by atoms with Gasteiger partial charge in [0.05, 0.1) is 18.4 Å². The van der Waals surface area contributed by atoms with Crippen LogP contribution in [0.25, 0.3) is 0 Å². The second-order valence-corrected chi connectivity index (χ2v) is 5.66. The van der Waals surface area contributed by atoms with Gasteiger partial charge >= 0.3 is 5.97 Å². The van der Waals surface area contributed by atoms with Crippen molar-refractivity contribution < 1.29 is 19.4 Å². The molecule has 2 rings (SSSR count). The van der Waals surface area contributed by atoms with Gasteiger partial charge in [-0.2, -0.15) is 5.10 Å². The molecule has 0 radical (unpaired) electrons. The second-order valence-electron chi connectivity index (χ2n) is 5.66. The van der Waals surface area contributed by atoms with Gasteiger partial charge in [0.2, 0.25) is 0 Å². The maximum absolute atomic E-state index is 12.1. The number of aliphatic carboxylic acids is 1. The van der Waals surface area contributed by atoms with Crippen molar-refractivity contribution in [2.24, 2.45) is 0 Å². The number of hydrogen-bond acceptors (Lipinski definition) is 4. The van der Waals surface area contributed by atoms with Crippen LogP contribution in [0.2, 0.25) is 0 Å². The van der Waals surface area contributed by atoms with E-state index in [0.29, 0.717) is 30.9 Å². The molecule has 7 heteroatoms. The summed E-state index contributed by atoms with van der Waals surface area (Å²) < 4.78 is 7.23. The molecule has 1 aromatic carbocycles. The summed E-state index contributed by atoms with van der Waals surface area (Å²) in [5.41, 5.74) is 1.50. The predicted molar refractivity (Wildman–Crippen MR) is 92.5 cm³/mol. The zero-order chi connectivity index (χ0) is 18.1. The Hall–Kier alpha value is -2.83. The second kappa shape index (κ2) is 9.46. The number of carbonyl (C=O) groups is 2. The summed E-state index contributed by atoms with van der Waals surface area (Å²) in [6.45, 7) is 3.63. The molecule has 0 saturated heterocycles. The average Bonchev–Trinajstić information content (AvgIpc) is 3.06. The highest BCUT2D eigenvalue weighted by Gasteiger charge is 2.08. The summed E-state index contributed by atoms with van der Waals surface area (Å²) in [6.07, 6.45) is 4.84. The Kier molecular flexibility index (Phi) is 7.00. The van der Waals surface area contributed by atoms with Crippen LogP contribution in [-0.4, -0.2) is 33.4 Å². The lowest BCUT2D eigenvalue weighted by molar-refractivity contribution is -0.137. The summed E-state index contributed by atoms with van der Waals surface area (Å²) in [5, 5.41) is 15.6. The minimum Gasteiger partial charge on any atom is -0.494 e. The monoisotopic (exact) mass is 345 g/mol. The van der Waals surface area contributed by atoms with Crippen LogP contribution in [0.15, 0.2) is 36.7 Å². The molecular weight excluding hydrogens is 322 g/mol. The Morgan fingerprint density at radius 2 is 2.04 bits per heavy atom. The number of benzene rings is 1. The number of nitrogens with one attached hydrogen (secondary N) is 1. The molecule has 0 bridgehead atoms. The first-order valence-electron chi connectivity index (χ1n) is 8.32. The topological polar surface area (TPSA) is 93.5 Å². The van der Waals surface area contributed by atoms with Crippen LogP contribution >= 0.6 is 0 Å². The van der Waals surface area contributed by atoms with Gasteiger partial charge in [-0.05, 0) is 30.5 Å². The van der Waals surface area contributed by atoms with E-state index in [2.05, 4.69) is 17.3 Å². The molecule has 2 N–H and O–H groups in total. The third-order valence-electron chi connectivity index (χ3n) is 3.53. The van der Waals surface area contributed by atoms with Crippen LogP contribution in [-0.2, 0) is 17.9 Å². The molecule has 0 spiro atoms. The fourth-order valence-corrected chi connectivity index (χ4v) is 2.23. The SMILES string of the molecule is CCCn1cc(C(=O)NCc2ccc(OCCCC(=O)O)cc2)cn1. The Morgan fingerprint density at radius 1 is 1.28 bits per heavy atom. The standard InChI is InChI=1S/C18H23N3O4/c1-2-9-21-13-15(12-20-21)18(24)19-11-14-5-7-16(8-6-14)25-10-3-4-17(22)23/h5-8,12-13H,2-4,9-11H2,1H3,(H,19,24)(H,22,23). The van der Waals surface area contributed by atoms with E-state index in [1.54, 1.807) is 17.1 Å². The molecule has 0 saturated carbocycles. The molecular formula is C18H23N3O4. The third-order valence-corrected chi connectivity index (χ3v) is 3.53. The summed E-state index contributed by atoms with van der Waals surface area (Å²) in [6, 6.07) is 7.35. The lowest BCUT2D eigenvalue weighted by Crippen LogP contribution is -2.22. The number of aryl methyl sites for hydroxylation is 1. The van der Waals surface area contributed by atoms with Gasteiger partial charge in [0, 0.05) is 25.7 Å². The number of ether oxygens (including phenoxy) is 1. The van der Waals surface area contributed by atoms with Gasteiger partial charge in [-0.1, -0.05) is 19.1 Å². The quantitative estimate of drug-likeness (QED) is 0.645. The summed E-state index contributed by atoms with van der Waals surface area (Å²) in [4.78, 5) is 22.5. The van der Waals surface area contributed by atoms with Crippen LogP contribution in [0.5, 0.6) is 5.75 Å². The lowest BCUT2D eigenvalue weighted by Gasteiger charge is -2.07. The molecule has 0 atom stereocenters. The van der Waals surface area contributed by atoms with Crippen LogP contribution in [0, 0.1) is 0 Å². The molecule has 7 nitrogen and oxygen atoms in total. The summed E-state index contributed by atoms with van der Waals surface area (Å²) >= 11 is 0. The van der Waals surface area contributed by atoms with Crippen molar-refractivity contribution in [3.8, 4) is 5.75 Å². The zero-order valence-electron chi connectivity index (χ0n) is 14.3. The first-order chi connectivity index (χ1) is 12.1. The van der Waals surface area contributed by atoms with Gasteiger partial charge in [0.1, 0.15) is 5.75 Å². The van der Waals surface area contributed by atoms with E-state index in [-0.39, 0.29) is 12.3 Å². The van der Waals surface area contributed by atoms with Gasteiger partial charge < -0.3 is 15.2 Å². The number of carboxylic acids is 1. The van der Waals surface area contributed by atoms with Crippen molar-refractivity contribution in [2.45, 2.75) is 39.3 Å². The third kappa shape index (κ3) is 6.29. The molecule has 1 heterocycles. The lowest BCUT2D eigenvalue weighted by atomic mass is 10.2. The largest absolute Gasteiger partial charge is 0.494 e. The van der Waals surface area contributed by atoms with Crippen molar-refractivity contribution in [1.29, 1.82) is 0 Å². The Morgan fingerprint density at radius 3 is 2.72 bits per heavy atom. The number of rotatable bonds is 10. The number of amides is 1. The Bertz CT molecular complexity index is 695. The van der Waals surface area contributed by atoms with Crippen molar-refractivity contribution in [1.82, 2.24) is 15.1 Å². The van der Waals surface area contributed by atoms with Gasteiger partial charge in [0.25, 0.3) is 5.91 Å². The molecule has 0 aliphatic heterocycles. The minimum atomic E-state index is -0.824.